The van der Waals surface area contributed by atoms with Crippen LogP contribution >= 0.6 is 23.6 Å². The second-order valence-electron chi connectivity index (χ2n) is 3.33. The standard InChI is InChI=1S/C9H14N2O4S3/c10-9(16)7-1-2-8(17-7)18(14,15)11(3-5-12)4-6-13/h1-2,12-13H,3-6H2,(H2,10,16). The molecular formula is C9H14N2O4S3. The molecule has 9 heteroatoms. The molecule has 0 aliphatic heterocycles. The van der Waals surface area contributed by atoms with Crippen molar-refractivity contribution in [2.24, 2.45) is 5.73 Å². The van der Waals surface area contributed by atoms with Gasteiger partial charge >= 0.3 is 0 Å². The van der Waals surface area contributed by atoms with E-state index in [9.17, 15) is 8.42 Å². The van der Waals surface area contributed by atoms with Crippen molar-refractivity contribution < 1.29 is 18.6 Å². The highest BCUT2D eigenvalue weighted by atomic mass is 32.2. The van der Waals surface area contributed by atoms with Gasteiger partial charge in [0.2, 0.25) is 0 Å². The molecule has 1 aromatic heterocycles. The molecule has 1 heterocycles. The Kier molecular flexibility index (Phi) is 5.63. The van der Waals surface area contributed by atoms with E-state index in [2.05, 4.69) is 0 Å². The lowest BCUT2D eigenvalue weighted by Crippen LogP contribution is -2.35. The summed E-state index contributed by atoms with van der Waals surface area (Å²) in [6.45, 7) is -0.758. The van der Waals surface area contributed by atoms with Crippen LogP contribution in [0.15, 0.2) is 16.3 Å². The van der Waals surface area contributed by atoms with Crippen molar-refractivity contribution in [3.8, 4) is 0 Å². The average molecular weight is 310 g/mol. The predicted molar refractivity (Wildman–Crippen MR) is 73.1 cm³/mol. The van der Waals surface area contributed by atoms with E-state index in [1.54, 1.807) is 0 Å². The maximum Gasteiger partial charge on any atom is 0.252 e. The maximum absolute atomic E-state index is 12.2. The third kappa shape index (κ3) is 3.46. The van der Waals surface area contributed by atoms with Gasteiger partial charge in [-0.3, -0.25) is 0 Å². The Morgan fingerprint density at radius 1 is 1.33 bits per heavy atom. The van der Waals surface area contributed by atoms with Gasteiger partial charge in [0.05, 0.1) is 18.1 Å². The molecule has 102 valence electrons. The van der Waals surface area contributed by atoms with E-state index < -0.39 is 10.0 Å². The summed E-state index contributed by atoms with van der Waals surface area (Å²) in [5.41, 5.74) is 5.42. The van der Waals surface area contributed by atoms with Crippen molar-refractivity contribution >= 4 is 38.6 Å². The number of nitrogens with two attached hydrogens (primary N) is 1. The highest BCUT2D eigenvalue weighted by Crippen LogP contribution is 2.24. The number of thiophene rings is 1. The van der Waals surface area contributed by atoms with Crippen molar-refractivity contribution in [1.29, 1.82) is 0 Å². The molecule has 1 rings (SSSR count). The molecule has 0 fully saturated rings. The van der Waals surface area contributed by atoms with Gasteiger partial charge in [0.1, 0.15) is 9.20 Å². The van der Waals surface area contributed by atoms with Crippen molar-refractivity contribution in [3.63, 3.8) is 0 Å². The minimum atomic E-state index is -3.72. The molecule has 0 amide bonds. The van der Waals surface area contributed by atoms with Gasteiger partial charge in [-0.15, -0.1) is 11.3 Å². The van der Waals surface area contributed by atoms with Gasteiger partial charge in [0, 0.05) is 13.1 Å². The van der Waals surface area contributed by atoms with E-state index >= 15 is 0 Å². The Hall–Kier alpha value is -0.580. The molecule has 0 spiro atoms. The Bertz CT molecular complexity index is 506. The molecule has 0 radical (unpaired) electrons. The third-order valence-electron chi connectivity index (χ3n) is 2.12. The summed E-state index contributed by atoms with van der Waals surface area (Å²) in [6.07, 6.45) is 0. The van der Waals surface area contributed by atoms with E-state index in [0.717, 1.165) is 15.6 Å². The molecule has 0 saturated carbocycles. The summed E-state index contributed by atoms with van der Waals surface area (Å²) in [4.78, 5) is 0.647. The van der Waals surface area contributed by atoms with Gasteiger partial charge in [-0.2, -0.15) is 4.31 Å². The fourth-order valence-electron chi connectivity index (χ4n) is 1.29. The zero-order chi connectivity index (χ0) is 13.8. The van der Waals surface area contributed by atoms with Gasteiger partial charge in [0.25, 0.3) is 10.0 Å². The lowest BCUT2D eigenvalue weighted by atomic mass is 10.5. The van der Waals surface area contributed by atoms with E-state index in [0.29, 0.717) is 4.88 Å². The van der Waals surface area contributed by atoms with Crippen LogP contribution in [0.3, 0.4) is 0 Å². The van der Waals surface area contributed by atoms with Crippen molar-refractivity contribution in [3.05, 3.63) is 17.0 Å². The fourth-order valence-corrected chi connectivity index (χ4v) is 4.22. The molecule has 1 aromatic rings. The smallest absolute Gasteiger partial charge is 0.252 e. The first-order chi connectivity index (χ1) is 8.43. The molecule has 0 atom stereocenters. The molecule has 0 saturated heterocycles. The van der Waals surface area contributed by atoms with E-state index in [1.807, 2.05) is 0 Å². The second-order valence-corrected chi connectivity index (χ2v) is 7.02. The molecular weight excluding hydrogens is 296 g/mol. The van der Waals surface area contributed by atoms with Crippen LogP contribution in [0.2, 0.25) is 0 Å². The number of rotatable bonds is 7. The van der Waals surface area contributed by atoms with Gasteiger partial charge in [-0.25, -0.2) is 8.42 Å². The van der Waals surface area contributed by atoms with E-state index in [4.69, 9.17) is 28.2 Å². The third-order valence-corrected chi connectivity index (χ3v) is 5.95. The Labute approximate surface area is 115 Å². The minimum Gasteiger partial charge on any atom is -0.395 e. The number of nitrogens with zero attached hydrogens (tertiary/aromatic N) is 1. The maximum atomic E-state index is 12.2. The van der Waals surface area contributed by atoms with E-state index in [-0.39, 0.29) is 35.5 Å². The normalized spacial score (nSPS) is 11.9. The van der Waals surface area contributed by atoms with Crippen LogP contribution in [-0.2, 0) is 10.0 Å². The van der Waals surface area contributed by atoms with Crippen LogP contribution in [0.5, 0.6) is 0 Å². The van der Waals surface area contributed by atoms with Crippen LogP contribution in [-0.4, -0.2) is 54.2 Å². The summed E-state index contributed by atoms with van der Waals surface area (Å²) >= 11 is 5.74. The number of hydrogen-bond acceptors (Lipinski definition) is 6. The fraction of sp³-hybridized carbons (Fsp3) is 0.444. The summed E-state index contributed by atoms with van der Waals surface area (Å²) < 4.78 is 25.5. The molecule has 6 nitrogen and oxygen atoms in total. The monoisotopic (exact) mass is 310 g/mol. The summed E-state index contributed by atoms with van der Waals surface area (Å²) in [5, 5.41) is 17.7. The van der Waals surface area contributed by atoms with Crippen LogP contribution in [0.4, 0.5) is 0 Å². The van der Waals surface area contributed by atoms with E-state index in [1.165, 1.54) is 12.1 Å². The predicted octanol–water partition coefficient (Wildman–Crippen LogP) is -0.642. The molecule has 0 aliphatic rings. The quantitative estimate of drug-likeness (QED) is 0.579. The summed E-state index contributed by atoms with van der Waals surface area (Å²) in [5.74, 6) is 0. The number of sulfonamides is 1. The Morgan fingerprint density at radius 3 is 2.28 bits per heavy atom. The number of aliphatic hydroxyl groups excluding tert-OH is 2. The first kappa shape index (κ1) is 15.5. The Balaban J connectivity index is 3.05. The van der Waals surface area contributed by atoms with Crippen LogP contribution in [0, 0.1) is 0 Å². The second kappa shape index (κ2) is 6.55. The van der Waals surface area contributed by atoms with Crippen LogP contribution in [0.25, 0.3) is 0 Å². The highest BCUT2D eigenvalue weighted by molar-refractivity contribution is 7.91. The van der Waals surface area contributed by atoms with Gasteiger partial charge in [-0.05, 0) is 12.1 Å². The van der Waals surface area contributed by atoms with Crippen LogP contribution < -0.4 is 5.73 Å². The zero-order valence-electron chi connectivity index (χ0n) is 9.44. The molecule has 4 N–H and O–H groups in total. The van der Waals surface area contributed by atoms with Gasteiger partial charge in [-0.1, -0.05) is 12.2 Å². The van der Waals surface area contributed by atoms with Crippen LogP contribution in [0.1, 0.15) is 4.88 Å². The molecule has 0 aromatic carbocycles. The van der Waals surface area contributed by atoms with Gasteiger partial charge in [0.15, 0.2) is 0 Å². The highest BCUT2D eigenvalue weighted by Gasteiger charge is 2.25. The minimum absolute atomic E-state index is 0.0663. The van der Waals surface area contributed by atoms with Crippen molar-refractivity contribution in [1.82, 2.24) is 4.31 Å². The molecule has 0 bridgehead atoms. The lowest BCUT2D eigenvalue weighted by Gasteiger charge is -2.18. The molecule has 0 aliphatic carbocycles. The number of thiocarbonyl (C=S) groups is 1. The number of hydrogen-bond donors (Lipinski definition) is 3. The largest absolute Gasteiger partial charge is 0.395 e. The first-order valence-electron chi connectivity index (χ1n) is 5.05. The topological polar surface area (TPSA) is 104 Å². The lowest BCUT2D eigenvalue weighted by molar-refractivity contribution is 0.217. The summed E-state index contributed by atoms with van der Waals surface area (Å²) in [6, 6.07) is 2.95. The van der Waals surface area contributed by atoms with Gasteiger partial charge < -0.3 is 15.9 Å². The first-order valence-corrected chi connectivity index (χ1v) is 7.71. The number of aliphatic hydroxyl groups is 2. The van der Waals surface area contributed by atoms with Crippen molar-refractivity contribution in [2.75, 3.05) is 26.3 Å². The molecule has 0 unspecified atom stereocenters. The average Bonchev–Trinajstić information content (AvgIpc) is 2.78. The Morgan fingerprint density at radius 2 is 1.89 bits per heavy atom. The zero-order valence-corrected chi connectivity index (χ0v) is 11.9. The molecule has 18 heavy (non-hydrogen) atoms. The SMILES string of the molecule is NC(=S)c1ccc(S(=O)(=O)N(CCO)CCO)s1. The summed E-state index contributed by atoms with van der Waals surface area (Å²) in [7, 11) is -3.72. The van der Waals surface area contributed by atoms with Crippen molar-refractivity contribution in [2.45, 2.75) is 4.21 Å².